The van der Waals surface area contributed by atoms with Crippen molar-refractivity contribution >= 4 is 23.4 Å². The molecule has 2 aromatic carbocycles. The number of nitrogens with one attached hydrogen (secondary N) is 1. The summed E-state index contributed by atoms with van der Waals surface area (Å²) in [5.41, 5.74) is 3.05. The third kappa shape index (κ3) is 6.13. The van der Waals surface area contributed by atoms with Gasteiger partial charge in [-0.05, 0) is 42.7 Å². The van der Waals surface area contributed by atoms with Gasteiger partial charge < -0.3 is 10.2 Å². The Morgan fingerprint density at radius 1 is 1.06 bits per heavy atom. The number of alkyl halides is 1. The summed E-state index contributed by atoms with van der Waals surface area (Å²) in [6, 6.07) is 17.3. The first-order valence-electron chi connectivity index (χ1n) is 11.7. The zero-order chi connectivity index (χ0) is 23.1. The van der Waals surface area contributed by atoms with Crippen molar-refractivity contribution in [1.82, 2.24) is 10.2 Å². The Bertz CT molecular complexity index is 884. The number of hydrogen-bond acceptors (Lipinski definition) is 2. The van der Waals surface area contributed by atoms with Crippen LogP contribution in [0.2, 0.25) is 0 Å². The maximum atomic E-state index is 13.7. The molecule has 0 aliphatic heterocycles. The van der Waals surface area contributed by atoms with E-state index in [2.05, 4.69) is 19.2 Å². The van der Waals surface area contributed by atoms with Gasteiger partial charge in [-0.25, -0.2) is 0 Å². The van der Waals surface area contributed by atoms with Gasteiger partial charge in [0.2, 0.25) is 11.8 Å². The fraction of sp³-hybridized carbons (Fsp3) is 0.481. The van der Waals surface area contributed by atoms with Crippen molar-refractivity contribution in [3.8, 4) is 0 Å². The van der Waals surface area contributed by atoms with Crippen molar-refractivity contribution in [2.75, 3.05) is 12.4 Å². The van der Waals surface area contributed by atoms with E-state index in [0.29, 0.717) is 24.8 Å². The van der Waals surface area contributed by atoms with E-state index in [1.165, 1.54) is 6.42 Å². The molecule has 0 unspecified atom stereocenters. The Morgan fingerprint density at radius 2 is 1.75 bits per heavy atom. The molecule has 0 radical (unpaired) electrons. The summed E-state index contributed by atoms with van der Waals surface area (Å²) in [5.74, 6) is 0.486. The molecule has 0 spiro atoms. The zero-order valence-corrected chi connectivity index (χ0v) is 20.1. The Balaban J connectivity index is 1.88. The van der Waals surface area contributed by atoms with E-state index in [1.807, 2.05) is 61.5 Å². The van der Waals surface area contributed by atoms with E-state index < -0.39 is 6.04 Å². The predicted molar refractivity (Wildman–Crippen MR) is 131 cm³/mol. The third-order valence-corrected chi connectivity index (χ3v) is 7.14. The van der Waals surface area contributed by atoms with E-state index in [1.54, 1.807) is 4.90 Å². The van der Waals surface area contributed by atoms with E-state index in [4.69, 9.17) is 11.6 Å². The first-order chi connectivity index (χ1) is 15.4. The molecule has 4 nitrogen and oxygen atoms in total. The molecule has 5 heteroatoms. The summed E-state index contributed by atoms with van der Waals surface area (Å²) in [4.78, 5) is 28.3. The van der Waals surface area contributed by atoms with Crippen molar-refractivity contribution in [3.63, 3.8) is 0 Å². The third-order valence-electron chi connectivity index (χ3n) is 6.91. The molecule has 1 saturated carbocycles. The van der Waals surface area contributed by atoms with E-state index >= 15 is 0 Å². The van der Waals surface area contributed by atoms with Crippen LogP contribution < -0.4 is 5.32 Å². The molecule has 172 valence electrons. The number of amides is 2. The maximum Gasteiger partial charge on any atom is 0.247 e. The lowest BCUT2D eigenvalue weighted by molar-refractivity contribution is -0.139. The fourth-order valence-corrected chi connectivity index (χ4v) is 4.79. The summed E-state index contributed by atoms with van der Waals surface area (Å²) in [5, 5.41) is 3.29. The van der Waals surface area contributed by atoms with Gasteiger partial charge in [0, 0.05) is 12.6 Å². The smallest absolute Gasteiger partial charge is 0.247 e. The van der Waals surface area contributed by atoms with Gasteiger partial charge in [-0.3, -0.25) is 9.59 Å². The van der Waals surface area contributed by atoms with Crippen molar-refractivity contribution in [1.29, 1.82) is 0 Å². The molecule has 2 amide bonds. The number of carbonyl (C=O) groups is 2. The number of halogens is 1. The highest BCUT2D eigenvalue weighted by molar-refractivity contribution is 6.27. The van der Waals surface area contributed by atoms with Crippen LogP contribution in [-0.4, -0.2) is 35.2 Å². The molecular formula is C27H35ClN2O2. The summed E-state index contributed by atoms with van der Waals surface area (Å²) in [7, 11) is 0. The first kappa shape index (κ1) is 24.3. The molecule has 1 N–H and O–H groups in total. The molecule has 3 rings (SSSR count). The highest BCUT2D eigenvalue weighted by atomic mass is 35.5. The summed E-state index contributed by atoms with van der Waals surface area (Å²) in [6.07, 6.45) is 3.95. The molecule has 0 saturated heterocycles. The first-order valence-corrected chi connectivity index (χ1v) is 12.2. The molecule has 1 fully saturated rings. The quantitative estimate of drug-likeness (QED) is 0.551. The van der Waals surface area contributed by atoms with Crippen LogP contribution in [0.3, 0.4) is 0 Å². The summed E-state index contributed by atoms with van der Waals surface area (Å²) in [6.45, 7) is 6.91. The van der Waals surface area contributed by atoms with Gasteiger partial charge in [0.05, 0.1) is 0 Å². The van der Waals surface area contributed by atoms with E-state index in [-0.39, 0.29) is 23.7 Å². The van der Waals surface area contributed by atoms with Crippen LogP contribution in [0.4, 0.5) is 0 Å². The normalized spacial score (nSPS) is 21.6. The average molecular weight is 455 g/mol. The van der Waals surface area contributed by atoms with Crippen molar-refractivity contribution < 1.29 is 9.59 Å². The SMILES string of the molecule is Cc1ccc([C@H](C(=O)N[C@@H]2CCC[C@H](C)[C@H]2C)N(CCc2ccccc2)C(=O)CCl)cc1. The number of aryl methyl sites for hydroxylation is 1. The van der Waals surface area contributed by atoms with Crippen molar-refractivity contribution in [3.05, 3.63) is 71.3 Å². The molecule has 32 heavy (non-hydrogen) atoms. The van der Waals surface area contributed by atoms with Crippen LogP contribution >= 0.6 is 11.6 Å². The fourth-order valence-electron chi connectivity index (χ4n) is 4.64. The number of rotatable bonds is 8. The Kier molecular flexibility index (Phi) is 8.75. The average Bonchev–Trinajstić information content (AvgIpc) is 2.80. The predicted octanol–water partition coefficient (Wildman–Crippen LogP) is 5.29. The van der Waals surface area contributed by atoms with E-state index in [9.17, 15) is 9.59 Å². The standard InChI is InChI=1S/C27H35ClN2O2/c1-19-12-14-23(15-13-19)26(27(32)29-24-11-7-8-20(2)21(24)3)30(25(31)18-28)17-16-22-9-5-4-6-10-22/h4-6,9-10,12-15,20-21,24,26H,7-8,11,16-18H2,1-3H3,(H,29,32)/t20-,21+,24+,26+/m0/s1. The Morgan fingerprint density at radius 3 is 2.41 bits per heavy atom. The van der Waals surface area contributed by atoms with Crippen molar-refractivity contribution in [2.45, 2.75) is 58.5 Å². The van der Waals surface area contributed by atoms with Gasteiger partial charge in [0.25, 0.3) is 0 Å². The van der Waals surface area contributed by atoms with Gasteiger partial charge in [-0.1, -0.05) is 86.8 Å². The minimum atomic E-state index is -0.699. The van der Waals surface area contributed by atoms with Crippen LogP contribution in [0, 0.1) is 18.8 Å². The van der Waals surface area contributed by atoms with Crippen LogP contribution in [0.5, 0.6) is 0 Å². The second-order valence-electron chi connectivity index (χ2n) is 9.15. The van der Waals surface area contributed by atoms with Gasteiger partial charge in [-0.15, -0.1) is 11.6 Å². The maximum absolute atomic E-state index is 13.7. The largest absolute Gasteiger partial charge is 0.351 e. The minimum absolute atomic E-state index is 0.119. The van der Waals surface area contributed by atoms with E-state index in [0.717, 1.165) is 29.5 Å². The molecular weight excluding hydrogens is 420 g/mol. The number of benzene rings is 2. The number of nitrogens with zero attached hydrogens (tertiary/aromatic N) is 1. The van der Waals surface area contributed by atoms with Crippen LogP contribution in [0.1, 0.15) is 55.8 Å². The van der Waals surface area contributed by atoms with Gasteiger partial charge in [0.15, 0.2) is 0 Å². The molecule has 4 atom stereocenters. The lowest BCUT2D eigenvalue weighted by Gasteiger charge is -2.37. The second-order valence-corrected chi connectivity index (χ2v) is 9.42. The Hall–Kier alpha value is -2.33. The second kappa shape index (κ2) is 11.5. The topological polar surface area (TPSA) is 49.4 Å². The van der Waals surface area contributed by atoms with Gasteiger partial charge in [0.1, 0.15) is 11.9 Å². The molecule has 0 aromatic heterocycles. The lowest BCUT2D eigenvalue weighted by atomic mass is 9.78. The number of hydrogen-bond donors (Lipinski definition) is 1. The molecule has 0 heterocycles. The highest BCUT2D eigenvalue weighted by Gasteiger charge is 2.34. The minimum Gasteiger partial charge on any atom is -0.351 e. The van der Waals surface area contributed by atoms with Crippen LogP contribution in [0.25, 0.3) is 0 Å². The van der Waals surface area contributed by atoms with Crippen LogP contribution in [0.15, 0.2) is 54.6 Å². The highest BCUT2D eigenvalue weighted by Crippen LogP contribution is 2.31. The molecule has 0 bridgehead atoms. The molecule has 1 aliphatic carbocycles. The molecule has 2 aromatic rings. The zero-order valence-electron chi connectivity index (χ0n) is 19.4. The summed E-state index contributed by atoms with van der Waals surface area (Å²) >= 11 is 6.00. The van der Waals surface area contributed by atoms with Crippen LogP contribution in [-0.2, 0) is 16.0 Å². The monoisotopic (exact) mass is 454 g/mol. The Labute approximate surface area is 197 Å². The number of carbonyl (C=O) groups excluding carboxylic acids is 2. The van der Waals surface area contributed by atoms with Gasteiger partial charge >= 0.3 is 0 Å². The van der Waals surface area contributed by atoms with Crippen molar-refractivity contribution in [2.24, 2.45) is 11.8 Å². The van der Waals surface area contributed by atoms with Gasteiger partial charge in [-0.2, -0.15) is 0 Å². The lowest BCUT2D eigenvalue weighted by Crippen LogP contribution is -2.50. The summed E-state index contributed by atoms with van der Waals surface area (Å²) < 4.78 is 0. The molecule has 1 aliphatic rings.